The molecule has 0 radical (unpaired) electrons. The van der Waals surface area contributed by atoms with E-state index < -0.39 is 0 Å². The fraction of sp³-hybridized carbons (Fsp3) is 0.579. The molecule has 1 heterocycles. The zero-order valence-corrected chi connectivity index (χ0v) is 14.6. The quantitative estimate of drug-likeness (QED) is 0.860. The molecule has 0 fully saturated rings. The number of allylic oxidation sites excluding steroid dienone is 2. The van der Waals surface area contributed by atoms with Gasteiger partial charge >= 0.3 is 0 Å². The normalized spacial score (nSPS) is 25.3. The summed E-state index contributed by atoms with van der Waals surface area (Å²) in [7, 11) is 0. The summed E-state index contributed by atoms with van der Waals surface area (Å²) in [6.45, 7) is 7.08. The van der Waals surface area contributed by atoms with Crippen LogP contribution in [-0.4, -0.2) is 22.3 Å². The van der Waals surface area contributed by atoms with E-state index in [1.54, 1.807) is 0 Å². The van der Waals surface area contributed by atoms with Crippen molar-refractivity contribution in [1.29, 1.82) is 5.26 Å². The molecule has 2 atom stereocenters. The first-order valence-electron chi connectivity index (χ1n) is 8.77. The molecule has 24 heavy (non-hydrogen) atoms. The Morgan fingerprint density at radius 2 is 2.25 bits per heavy atom. The van der Waals surface area contributed by atoms with Crippen LogP contribution in [0.25, 0.3) is 0 Å². The van der Waals surface area contributed by atoms with Gasteiger partial charge in [0.05, 0.1) is 11.3 Å². The van der Waals surface area contributed by atoms with Crippen LogP contribution in [0.2, 0.25) is 0 Å². The van der Waals surface area contributed by atoms with Gasteiger partial charge in [0.1, 0.15) is 17.7 Å². The van der Waals surface area contributed by atoms with Gasteiger partial charge in [-0.25, -0.2) is 9.97 Å². The first-order valence-corrected chi connectivity index (χ1v) is 8.77. The zero-order chi connectivity index (χ0) is 17.3. The monoisotopic (exact) mass is 324 g/mol. The van der Waals surface area contributed by atoms with Crippen molar-refractivity contribution in [2.45, 2.75) is 58.3 Å². The zero-order valence-electron chi connectivity index (χ0n) is 14.6. The number of rotatable bonds is 4. The predicted octanol–water partition coefficient (Wildman–Crippen LogP) is 3.24. The smallest absolute Gasteiger partial charge is 0.173 e. The van der Waals surface area contributed by atoms with Gasteiger partial charge in [0.15, 0.2) is 5.78 Å². The van der Waals surface area contributed by atoms with E-state index in [1.807, 2.05) is 13.0 Å². The number of nitriles is 1. The number of unbranched alkanes of at least 4 members (excludes halogenated alkanes) is 1. The maximum atomic E-state index is 12.1. The van der Waals surface area contributed by atoms with Crippen LogP contribution >= 0.6 is 0 Å². The molecule has 2 aliphatic carbocycles. The van der Waals surface area contributed by atoms with E-state index in [2.05, 4.69) is 30.2 Å². The number of fused-ring (bicyclic) bond motifs is 3. The van der Waals surface area contributed by atoms with Crippen LogP contribution in [0.3, 0.4) is 0 Å². The number of ketones is 1. The Hall–Kier alpha value is -2.22. The Morgan fingerprint density at radius 3 is 2.96 bits per heavy atom. The average Bonchev–Trinajstić information content (AvgIpc) is 2.55. The highest BCUT2D eigenvalue weighted by Gasteiger charge is 2.45. The SMILES string of the molecule is CCCCNc1nc(C)nc2c1CCC1CC(=O)C(C#N)=CC21C. The fourth-order valence-electron chi connectivity index (χ4n) is 3.93. The molecule has 126 valence electrons. The van der Waals surface area contributed by atoms with E-state index in [0.29, 0.717) is 6.42 Å². The Balaban J connectivity index is 2.08. The number of Topliss-reactive ketones (excluding diaryl/α,β-unsaturated/α-hetero) is 1. The number of carbonyl (C=O) groups is 1. The van der Waals surface area contributed by atoms with Crippen molar-refractivity contribution in [3.05, 3.63) is 28.7 Å². The van der Waals surface area contributed by atoms with Crippen LogP contribution in [-0.2, 0) is 16.6 Å². The van der Waals surface area contributed by atoms with E-state index in [-0.39, 0.29) is 22.7 Å². The molecule has 0 saturated carbocycles. The summed E-state index contributed by atoms with van der Waals surface area (Å²) in [6, 6.07) is 2.07. The second-order valence-electron chi connectivity index (χ2n) is 7.04. The van der Waals surface area contributed by atoms with E-state index >= 15 is 0 Å². The van der Waals surface area contributed by atoms with Crippen molar-refractivity contribution in [2.24, 2.45) is 5.92 Å². The molecule has 5 nitrogen and oxygen atoms in total. The maximum Gasteiger partial charge on any atom is 0.173 e. The third-order valence-electron chi connectivity index (χ3n) is 5.34. The third kappa shape index (κ3) is 2.71. The molecule has 1 aromatic rings. The standard InChI is InChI=1S/C19H24N4O/c1-4-5-8-21-18-15-7-6-14-9-16(24)13(11-20)10-19(14,3)17(15)22-12(2)23-18/h10,14H,4-9H2,1-3H3,(H,21,22,23). The highest BCUT2D eigenvalue weighted by molar-refractivity contribution is 6.00. The van der Waals surface area contributed by atoms with Crippen molar-refractivity contribution in [3.63, 3.8) is 0 Å². The van der Waals surface area contributed by atoms with Crippen LogP contribution < -0.4 is 5.32 Å². The van der Waals surface area contributed by atoms with Gasteiger partial charge in [-0.15, -0.1) is 0 Å². The lowest BCUT2D eigenvalue weighted by molar-refractivity contribution is -0.117. The molecule has 0 saturated heterocycles. The summed E-state index contributed by atoms with van der Waals surface area (Å²) in [5.41, 5.74) is 2.06. The minimum atomic E-state index is -0.360. The largest absolute Gasteiger partial charge is 0.370 e. The van der Waals surface area contributed by atoms with Gasteiger partial charge < -0.3 is 5.32 Å². The van der Waals surface area contributed by atoms with Crippen LogP contribution in [0.15, 0.2) is 11.6 Å². The van der Waals surface area contributed by atoms with Gasteiger partial charge in [0, 0.05) is 23.9 Å². The van der Waals surface area contributed by atoms with Gasteiger partial charge in [0.25, 0.3) is 0 Å². The number of hydrogen-bond acceptors (Lipinski definition) is 5. The lowest BCUT2D eigenvalue weighted by atomic mass is 9.61. The third-order valence-corrected chi connectivity index (χ3v) is 5.34. The molecule has 1 N–H and O–H groups in total. The van der Waals surface area contributed by atoms with E-state index in [4.69, 9.17) is 4.98 Å². The molecular formula is C19H24N4O. The van der Waals surface area contributed by atoms with Gasteiger partial charge in [-0.3, -0.25) is 4.79 Å². The number of aromatic nitrogens is 2. The fourth-order valence-corrected chi connectivity index (χ4v) is 3.93. The molecule has 0 aromatic carbocycles. The second-order valence-corrected chi connectivity index (χ2v) is 7.04. The van der Waals surface area contributed by atoms with Gasteiger partial charge in [-0.2, -0.15) is 5.26 Å². The summed E-state index contributed by atoms with van der Waals surface area (Å²) in [4.78, 5) is 21.4. The highest BCUT2D eigenvalue weighted by atomic mass is 16.1. The number of carbonyl (C=O) groups excluding carboxylic acids is 1. The number of aryl methyl sites for hydroxylation is 1. The molecule has 0 amide bonds. The van der Waals surface area contributed by atoms with E-state index in [1.165, 1.54) is 0 Å². The molecule has 5 heteroatoms. The Labute approximate surface area is 143 Å². The minimum Gasteiger partial charge on any atom is -0.370 e. The molecule has 0 bridgehead atoms. The van der Waals surface area contributed by atoms with Crippen LogP contribution in [0.1, 0.15) is 56.6 Å². The number of nitrogens with one attached hydrogen (secondary N) is 1. The second kappa shape index (κ2) is 6.35. The van der Waals surface area contributed by atoms with Crippen LogP contribution in [0.4, 0.5) is 5.82 Å². The van der Waals surface area contributed by atoms with E-state index in [9.17, 15) is 10.1 Å². The average molecular weight is 324 g/mol. The first kappa shape index (κ1) is 16.6. The molecule has 2 unspecified atom stereocenters. The van der Waals surface area contributed by atoms with Crippen molar-refractivity contribution in [1.82, 2.24) is 9.97 Å². The Bertz CT molecular complexity index is 746. The van der Waals surface area contributed by atoms with Gasteiger partial charge in [0.2, 0.25) is 0 Å². The minimum absolute atomic E-state index is 0.0319. The van der Waals surface area contributed by atoms with Crippen LogP contribution in [0.5, 0.6) is 0 Å². The molecule has 2 aliphatic rings. The number of hydrogen-bond donors (Lipinski definition) is 1. The summed E-state index contributed by atoms with van der Waals surface area (Å²) in [5.74, 6) is 1.84. The lowest BCUT2D eigenvalue weighted by Crippen LogP contribution is -2.41. The summed E-state index contributed by atoms with van der Waals surface area (Å²) < 4.78 is 0. The number of nitrogens with zero attached hydrogens (tertiary/aromatic N) is 3. The Kier molecular flexibility index (Phi) is 4.40. The molecule has 1 aromatic heterocycles. The summed E-state index contributed by atoms with van der Waals surface area (Å²) in [5, 5.41) is 12.7. The molecule has 0 spiro atoms. The molecule has 3 rings (SSSR count). The maximum absolute atomic E-state index is 12.1. The summed E-state index contributed by atoms with van der Waals surface area (Å²) >= 11 is 0. The summed E-state index contributed by atoms with van der Waals surface area (Å²) in [6.07, 6.45) is 6.34. The van der Waals surface area contributed by atoms with Crippen molar-refractivity contribution in [2.75, 3.05) is 11.9 Å². The van der Waals surface area contributed by atoms with Crippen molar-refractivity contribution < 1.29 is 4.79 Å². The van der Waals surface area contributed by atoms with Crippen molar-refractivity contribution in [3.8, 4) is 6.07 Å². The molecular weight excluding hydrogens is 300 g/mol. The van der Waals surface area contributed by atoms with Crippen LogP contribution in [0, 0.1) is 24.2 Å². The van der Waals surface area contributed by atoms with Gasteiger partial charge in [-0.05, 0) is 32.1 Å². The van der Waals surface area contributed by atoms with E-state index in [0.717, 1.165) is 55.1 Å². The Morgan fingerprint density at radius 1 is 1.46 bits per heavy atom. The predicted molar refractivity (Wildman–Crippen MR) is 92.6 cm³/mol. The highest BCUT2D eigenvalue weighted by Crippen LogP contribution is 2.48. The van der Waals surface area contributed by atoms with Gasteiger partial charge in [-0.1, -0.05) is 26.3 Å². The number of anilines is 1. The van der Waals surface area contributed by atoms with Crippen molar-refractivity contribution >= 4 is 11.6 Å². The first-order chi connectivity index (χ1) is 11.5. The molecule has 0 aliphatic heterocycles. The topological polar surface area (TPSA) is 78.7 Å². The lowest BCUT2D eigenvalue weighted by Gasteiger charge is -2.42.